The minimum Gasteiger partial charge on any atom is -0.441 e. The average Bonchev–Trinajstić information content (AvgIpc) is 2.81. The molecule has 106 valence electrons. The maximum absolute atomic E-state index is 13.9. The Morgan fingerprint density at radius 1 is 1.30 bits per heavy atom. The number of amides is 1. The third kappa shape index (κ3) is 2.15. The lowest BCUT2D eigenvalue weighted by atomic mass is 9.77. The largest absolute Gasteiger partial charge is 0.441 e. The van der Waals surface area contributed by atoms with Crippen LogP contribution in [0.15, 0.2) is 24.4 Å². The van der Waals surface area contributed by atoms with Crippen molar-refractivity contribution in [3.63, 3.8) is 0 Å². The van der Waals surface area contributed by atoms with Gasteiger partial charge >= 0.3 is 6.09 Å². The van der Waals surface area contributed by atoms with E-state index in [4.69, 9.17) is 4.74 Å². The van der Waals surface area contributed by atoms with Crippen molar-refractivity contribution >= 4 is 18.2 Å². The summed E-state index contributed by atoms with van der Waals surface area (Å²) in [5, 5.41) is 0. The number of rotatable bonds is 2. The van der Waals surface area contributed by atoms with E-state index in [-0.39, 0.29) is 12.8 Å². The molecular formula is C14H15FN2O3. The van der Waals surface area contributed by atoms with Crippen LogP contribution < -0.4 is 4.90 Å². The molecule has 0 N–H and O–H groups in total. The molecule has 1 spiro atoms. The molecule has 2 aliphatic rings. The summed E-state index contributed by atoms with van der Waals surface area (Å²) in [4.78, 5) is 28.3. The number of anilines is 1. The van der Waals surface area contributed by atoms with E-state index in [1.54, 1.807) is 24.4 Å². The van der Waals surface area contributed by atoms with Crippen LogP contribution in [0.1, 0.15) is 25.7 Å². The van der Waals surface area contributed by atoms with Crippen LogP contribution >= 0.6 is 0 Å². The first kappa shape index (κ1) is 13.0. The van der Waals surface area contributed by atoms with Gasteiger partial charge in [-0.3, -0.25) is 9.69 Å². The van der Waals surface area contributed by atoms with Crippen LogP contribution in [0.2, 0.25) is 0 Å². The van der Waals surface area contributed by atoms with Crippen LogP contribution in [-0.2, 0) is 9.53 Å². The Morgan fingerprint density at radius 3 is 2.65 bits per heavy atom. The molecule has 0 bridgehead atoms. The van der Waals surface area contributed by atoms with Gasteiger partial charge in [-0.2, -0.15) is 0 Å². The highest BCUT2D eigenvalue weighted by atomic mass is 19.1. The van der Waals surface area contributed by atoms with Crippen LogP contribution in [0, 0.1) is 0 Å². The number of hydrogen-bond acceptors (Lipinski definition) is 4. The highest BCUT2D eigenvalue weighted by Gasteiger charge is 2.51. The van der Waals surface area contributed by atoms with Crippen molar-refractivity contribution in [2.75, 3.05) is 11.4 Å². The number of alkyl halides is 1. The van der Waals surface area contributed by atoms with Crippen LogP contribution in [0.3, 0.4) is 0 Å². The Hall–Kier alpha value is -1.98. The van der Waals surface area contributed by atoms with E-state index in [0.717, 1.165) is 0 Å². The lowest BCUT2D eigenvalue weighted by Crippen LogP contribution is -2.44. The molecule has 0 radical (unpaired) electrons. The van der Waals surface area contributed by atoms with Crippen molar-refractivity contribution < 1.29 is 18.7 Å². The summed E-state index contributed by atoms with van der Waals surface area (Å²) in [6.07, 6.45) is 2.43. The summed E-state index contributed by atoms with van der Waals surface area (Å²) in [6.45, 7) is 0.359. The van der Waals surface area contributed by atoms with Gasteiger partial charge in [0.2, 0.25) is 0 Å². The van der Waals surface area contributed by atoms with Gasteiger partial charge in [0.15, 0.2) is 12.0 Å². The molecule has 1 aliphatic carbocycles. The van der Waals surface area contributed by atoms with Gasteiger partial charge in [-0.25, -0.2) is 14.2 Å². The van der Waals surface area contributed by atoms with Crippen molar-refractivity contribution in [2.45, 2.75) is 37.0 Å². The van der Waals surface area contributed by atoms with Gasteiger partial charge in [0.05, 0.1) is 6.54 Å². The predicted molar refractivity (Wildman–Crippen MR) is 69.2 cm³/mol. The summed E-state index contributed by atoms with van der Waals surface area (Å²) < 4.78 is 19.4. The van der Waals surface area contributed by atoms with Crippen LogP contribution in [0.5, 0.6) is 0 Å². The number of carbonyl (C=O) groups excluding carboxylic acids is 2. The number of nitrogens with zero attached hydrogens (tertiary/aromatic N) is 2. The Morgan fingerprint density at radius 2 is 2.05 bits per heavy atom. The van der Waals surface area contributed by atoms with Gasteiger partial charge in [-0.1, -0.05) is 6.07 Å². The Kier molecular flexibility index (Phi) is 2.96. The maximum atomic E-state index is 13.9. The van der Waals surface area contributed by atoms with Crippen molar-refractivity contribution in [3.8, 4) is 0 Å². The summed E-state index contributed by atoms with van der Waals surface area (Å²) in [5.41, 5.74) is -2.46. The highest BCUT2D eigenvalue weighted by Crippen LogP contribution is 2.42. The van der Waals surface area contributed by atoms with Crippen LogP contribution in [0.4, 0.5) is 15.0 Å². The summed E-state index contributed by atoms with van der Waals surface area (Å²) in [6, 6.07) is 5.29. The van der Waals surface area contributed by atoms with E-state index in [2.05, 4.69) is 4.98 Å². The zero-order valence-electron chi connectivity index (χ0n) is 10.9. The number of ether oxygens (including phenoxy) is 1. The number of halogens is 1. The van der Waals surface area contributed by atoms with Gasteiger partial charge in [-0.15, -0.1) is 0 Å². The fourth-order valence-corrected chi connectivity index (χ4v) is 2.81. The molecule has 1 aromatic rings. The molecule has 0 atom stereocenters. The Labute approximate surface area is 115 Å². The second-order valence-electron chi connectivity index (χ2n) is 5.48. The van der Waals surface area contributed by atoms with Crippen molar-refractivity contribution in [1.29, 1.82) is 0 Å². The minimum atomic E-state index is -1.77. The van der Waals surface area contributed by atoms with E-state index in [0.29, 0.717) is 31.5 Å². The number of aromatic nitrogens is 1. The summed E-state index contributed by atoms with van der Waals surface area (Å²) in [7, 11) is 0. The van der Waals surface area contributed by atoms with E-state index >= 15 is 0 Å². The third-order valence-corrected chi connectivity index (χ3v) is 4.10. The predicted octanol–water partition coefficient (Wildman–Crippen LogP) is 2.26. The lowest BCUT2D eigenvalue weighted by Gasteiger charge is -2.36. The zero-order valence-corrected chi connectivity index (χ0v) is 10.9. The van der Waals surface area contributed by atoms with Gasteiger partial charge < -0.3 is 4.74 Å². The van der Waals surface area contributed by atoms with E-state index in [9.17, 15) is 14.0 Å². The zero-order chi connectivity index (χ0) is 14.2. The standard InChI is InChI=1S/C14H15FN2O3/c15-13(10-18)4-6-14(7-5-13)9-17(12(19)20-14)11-3-1-2-8-16-11/h1-3,8,10H,4-7,9H2. The molecule has 6 heteroatoms. The molecule has 20 heavy (non-hydrogen) atoms. The van der Waals surface area contributed by atoms with Crippen molar-refractivity contribution in [1.82, 2.24) is 4.98 Å². The summed E-state index contributed by atoms with van der Waals surface area (Å²) >= 11 is 0. The maximum Gasteiger partial charge on any atom is 0.416 e. The fourth-order valence-electron chi connectivity index (χ4n) is 2.81. The number of carbonyl (C=O) groups is 2. The molecular weight excluding hydrogens is 263 g/mol. The third-order valence-electron chi connectivity index (χ3n) is 4.10. The molecule has 3 rings (SSSR count). The number of hydrogen-bond donors (Lipinski definition) is 0. The highest BCUT2D eigenvalue weighted by molar-refractivity contribution is 5.89. The number of aldehydes is 1. The quantitative estimate of drug-likeness (QED) is 0.779. The number of pyridine rings is 1. The van der Waals surface area contributed by atoms with E-state index in [1.807, 2.05) is 0 Å². The lowest BCUT2D eigenvalue weighted by molar-refractivity contribution is -0.122. The SMILES string of the molecule is O=CC1(F)CCC2(CC1)CN(c1ccccn1)C(=O)O2. The second-order valence-corrected chi connectivity index (χ2v) is 5.48. The fraction of sp³-hybridized carbons (Fsp3) is 0.500. The second kappa shape index (κ2) is 4.54. The van der Waals surface area contributed by atoms with Crippen LogP contribution in [-0.4, -0.2) is 35.2 Å². The first-order valence-corrected chi connectivity index (χ1v) is 6.63. The first-order chi connectivity index (χ1) is 9.56. The first-order valence-electron chi connectivity index (χ1n) is 6.63. The smallest absolute Gasteiger partial charge is 0.416 e. The molecule has 1 aromatic heterocycles. The molecule has 0 unspecified atom stereocenters. The molecule has 1 saturated carbocycles. The molecule has 2 fully saturated rings. The molecule has 1 aliphatic heterocycles. The summed E-state index contributed by atoms with van der Waals surface area (Å²) in [5.74, 6) is 0.529. The normalized spacial score (nSPS) is 33.2. The van der Waals surface area contributed by atoms with Gasteiger partial charge in [0.25, 0.3) is 0 Å². The monoisotopic (exact) mass is 278 g/mol. The topological polar surface area (TPSA) is 59.5 Å². The van der Waals surface area contributed by atoms with Gasteiger partial charge in [0, 0.05) is 6.20 Å². The molecule has 1 saturated heterocycles. The van der Waals surface area contributed by atoms with Gasteiger partial charge in [0.1, 0.15) is 11.4 Å². The molecule has 0 aromatic carbocycles. The van der Waals surface area contributed by atoms with Crippen molar-refractivity contribution in [3.05, 3.63) is 24.4 Å². The minimum absolute atomic E-state index is 0.0971. The van der Waals surface area contributed by atoms with Crippen LogP contribution in [0.25, 0.3) is 0 Å². The molecule has 1 amide bonds. The molecule has 2 heterocycles. The Balaban J connectivity index is 1.76. The Bertz CT molecular complexity index is 526. The van der Waals surface area contributed by atoms with E-state index < -0.39 is 17.4 Å². The van der Waals surface area contributed by atoms with Crippen molar-refractivity contribution in [2.24, 2.45) is 0 Å². The van der Waals surface area contributed by atoms with Gasteiger partial charge in [-0.05, 0) is 37.8 Å². The molecule has 5 nitrogen and oxygen atoms in total. The van der Waals surface area contributed by atoms with E-state index in [1.165, 1.54) is 4.90 Å². The average molecular weight is 278 g/mol.